The van der Waals surface area contributed by atoms with Gasteiger partial charge in [-0.25, -0.2) is 4.39 Å². The quantitative estimate of drug-likeness (QED) is 0.804. The molecule has 1 atom stereocenters. The van der Waals surface area contributed by atoms with Crippen LogP contribution in [0.3, 0.4) is 0 Å². The Bertz CT molecular complexity index is 436. The van der Waals surface area contributed by atoms with Gasteiger partial charge < -0.3 is 10.4 Å². The number of thioether (sulfide) groups is 1. The van der Waals surface area contributed by atoms with Gasteiger partial charge in [0.15, 0.2) is 0 Å². The molecular formula is C13H16FNO3S. The first kappa shape index (κ1) is 15.5. The summed E-state index contributed by atoms with van der Waals surface area (Å²) in [7, 11) is 0. The van der Waals surface area contributed by atoms with Crippen LogP contribution in [0.2, 0.25) is 0 Å². The molecule has 19 heavy (non-hydrogen) atoms. The SMILES string of the molecule is CC(CC(=O)O)SCC(=O)NCc1ccc(F)cc1. The normalized spacial score (nSPS) is 11.9. The summed E-state index contributed by atoms with van der Waals surface area (Å²) in [6, 6.07) is 5.89. The van der Waals surface area contributed by atoms with Crippen molar-refractivity contribution in [1.29, 1.82) is 0 Å². The molecule has 0 aromatic heterocycles. The molecule has 1 aromatic carbocycles. The van der Waals surface area contributed by atoms with Crippen LogP contribution in [-0.2, 0) is 16.1 Å². The lowest BCUT2D eigenvalue weighted by Gasteiger charge is -2.09. The number of carbonyl (C=O) groups is 2. The van der Waals surface area contributed by atoms with Gasteiger partial charge in [-0.1, -0.05) is 19.1 Å². The smallest absolute Gasteiger partial charge is 0.304 e. The third kappa shape index (κ3) is 6.81. The van der Waals surface area contributed by atoms with Crippen molar-refractivity contribution in [3.05, 3.63) is 35.6 Å². The van der Waals surface area contributed by atoms with E-state index < -0.39 is 5.97 Å². The number of amides is 1. The van der Waals surface area contributed by atoms with Crippen LogP contribution in [0.25, 0.3) is 0 Å². The van der Waals surface area contributed by atoms with E-state index in [0.29, 0.717) is 6.54 Å². The van der Waals surface area contributed by atoms with Gasteiger partial charge in [-0.2, -0.15) is 0 Å². The zero-order valence-corrected chi connectivity index (χ0v) is 11.4. The third-order valence-corrected chi connectivity index (χ3v) is 3.53. The van der Waals surface area contributed by atoms with Gasteiger partial charge in [0.25, 0.3) is 0 Å². The lowest BCUT2D eigenvalue weighted by molar-refractivity contribution is -0.136. The van der Waals surface area contributed by atoms with E-state index in [2.05, 4.69) is 5.32 Å². The van der Waals surface area contributed by atoms with Crippen LogP contribution < -0.4 is 5.32 Å². The van der Waals surface area contributed by atoms with E-state index >= 15 is 0 Å². The Balaban J connectivity index is 2.24. The number of nitrogens with one attached hydrogen (secondary N) is 1. The molecule has 0 fully saturated rings. The molecule has 6 heteroatoms. The third-order valence-electron chi connectivity index (χ3n) is 2.36. The van der Waals surface area contributed by atoms with Gasteiger partial charge in [-0.05, 0) is 17.7 Å². The van der Waals surface area contributed by atoms with Crippen molar-refractivity contribution in [2.75, 3.05) is 5.75 Å². The molecule has 0 bridgehead atoms. The number of benzene rings is 1. The second kappa shape index (κ2) is 7.78. The van der Waals surface area contributed by atoms with Crippen LogP contribution in [0.4, 0.5) is 4.39 Å². The van der Waals surface area contributed by atoms with E-state index in [9.17, 15) is 14.0 Å². The molecule has 0 aliphatic heterocycles. The number of halogens is 1. The minimum atomic E-state index is -0.869. The van der Waals surface area contributed by atoms with Gasteiger partial charge >= 0.3 is 5.97 Å². The highest BCUT2D eigenvalue weighted by Gasteiger charge is 2.10. The second-order valence-electron chi connectivity index (χ2n) is 4.12. The fourth-order valence-electron chi connectivity index (χ4n) is 1.38. The number of hydrogen-bond donors (Lipinski definition) is 2. The minimum absolute atomic E-state index is 0.0376. The highest BCUT2D eigenvalue weighted by atomic mass is 32.2. The molecule has 0 radical (unpaired) electrons. The van der Waals surface area contributed by atoms with Crippen molar-refractivity contribution < 1.29 is 19.1 Å². The van der Waals surface area contributed by atoms with E-state index in [4.69, 9.17) is 5.11 Å². The molecule has 0 aliphatic rings. The van der Waals surface area contributed by atoms with E-state index in [1.165, 1.54) is 23.9 Å². The zero-order valence-electron chi connectivity index (χ0n) is 10.6. The summed E-state index contributed by atoms with van der Waals surface area (Å²) in [6.07, 6.45) is 0.0376. The van der Waals surface area contributed by atoms with Crippen LogP contribution in [0.5, 0.6) is 0 Å². The first-order valence-electron chi connectivity index (χ1n) is 5.82. The summed E-state index contributed by atoms with van der Waals surface area (Å²) in [5.41, 5.74) is 0.818. The van der Waals surface area contributed by atoms with Crippen LogP contribution in [-0.4, -0.2) is 28.0 Å². The van der Waals surface area contributed by atoms with Gasteiger partial charge in [0, 0.05) is 11.8 Å². The van der Waals surface area contributed by atoms with Crippen molar-refractivity contribution in [2.45, 2.75) is 25.1 Å². The largest absolute Gasteiger partial charge is 0.481 e. The number of carboxylic acids is 1. The Morgan fingerprint density at radius 1 is 1.37 bits per heavy atom. The summed E-state index contributed by atoms with van der Waals surface area (Å²) in [5.74, 6) is -1.12. The Labute approximate surface area is 115 Å². The Morgan fingerprint density at radius 3 is 2.58 bits per heavy atom. The molecule has 1 unspecified atom stereocenters. The molecule has 1 rings (SSSR count). The number of hydrogen-bond acceptors (Lipinski definition) is 3. The standard InChI is InChI=1S/C13H16FNO3S/c1-9(6-13(17)18)19-8-12(16)15-7-10-2-4-11(14)5-3-10/h2-5,9H,6-8H2,1H3,(H,15,16)(H,17,18). The summed E-state index contributed by atoms with van der Waals surface area (Å²) in [5, 5.41) is 11.2. The van der Waals surface area contributed by atoms with Crippen molar-refractivity contribution >= 4 is 23.6 Å². The summed E-state index contributed by atoms with van der Waals surface area (Å²) < 4.78 is 12.7. The van der Waals surface area contributed by atoms with Crippen molar-refractivity contribution in [3.63, 3.8) is 0 Å². The van der Waals surface area contributed by atoms with E-state index in [1.54, 1.807) is 19.1 Å². The molecule has 1 aromatic rings. The van der Waals surface area contributed by atoms with Crippen LogP contribution in [0.1, 0.15) is 18.9 Å². The molecule has 4 nitrogen and oxygen atoms in total. The number of rotatable bonds is 7. The lowest BCUT2D eigenvalue weighted by atomic mass is 10.2. The van der Waals surface area contributed by atoms with Crippen molar-refractivity contribution in [2.24, 2.45) is 0 Å². The fraction of sp³-hybridized carbons (Fsp3) is 0.385. The van der Waals surface area contributed by atoms with Gasteiger partial charge in [0.2, 0.25) is 5.91 Å². The van der Waals surface area contributed by atoms with E-state index in [0.717, 1.165) is 5.56 Å². The zero-order chi connectivity index (χ0) is 14.3. The van der Waals surface area contributed by atoms with Gasteiger partial charge in [0.05, 0.1) is 12.2 Å². The predicted octanol–water partition coefficient (Wildman–Crippen LogP) is 2.04. The highest BCUT2D eigenvalue weighted by Crippen LogP contribution is 2.13. The summed E-state index contributed by atoms with van der Waals surface area (Å²) >= 11 is 1.30. The molecule has 0 aliphatic carbocycles. The molecule has 0 saturated heterocycles. The van der Waals surface area contributed by atoms with Crippen molar-refractivity contribution in [3.8, 4) is 0 Å². The molecule has 104 valence electrons. The summed E-state index contributed by atoms with van der Waals surface area (Å²) in [6.45, 7) is 2.11. The average molecular weight is 285 g/mol. The van der Waals surface area contributed by atoms with Gasteiger partial charge in [0.1, 0.15) is 5.82 Å². The maximum atomic E-state index is 12.7. The lowest BCUT2D eigenvalue weighted by Crippen LogP contribution is -2.25. The van der Waals surface area contributed by atoms with Gasteiger partial charge in [-0.3, -0.25) is 9.59 Å². The maximum absolute atomic E-state index is 12.7. The maximum Gasteiger partial charge on any atom is 0.304 e. The number of aliphatic carboxylic acids is 1. The molecule has 0 heterocycles. The first-order valence-corrected chi connectivity index (χ1v) is 6.87. The fourth-order valence-corrected chi connectivity index (χ4v) is 2.18. The molecule has 1 amide bonds. The van der Waals surface area contributed by atoms with E-state index in [1.807, 2.05) is 0 Å². The first-order chi connectivity index (χ1) is 8.97. The topological polar surface area (TPSA) is 66.4 Å². The number of carboxylic acid groups (broad SMARTS) is 1. The van der Waals surface area contributed by atoms with Crippen molar-refractivity contribution in [1.82, 2.24) is 5.32 Å². The van der Waals surface area contributed by atoms with E-state index in [-0.39, 0.29) is 29.1 Å². The van der Waals surface area contributed by atoms with Gasteiger partial charge in [-0.15, -0.1) is 11.8 Å². The average Bonchev–Trinajstić information content (AvgIpc) is 2.35. The van der Waals surface area contributed by atoms with Crippen LogP contribution in [0, 0.1) is 5.82 Å². The monoisotopic (exact) mass is 285 g/mol. The Kier molecular flexibility index (Phi) is 6.35. The molecule has 0 saturated carbocycles. The van der Waals surface area contributed by atoms with Crippen LogP contribution in [0.15, 0.2) is 24.3 Å². The number of carbonyl (C=O) groups excluding carboxylic acids is 1. The Hall–Kier alpha value is -1.56. The molecular weight excluding hydrogens is 269 g/mol. The molecule has 0 spiro atoms. The second-order valence-corrected chi connectivity index (χ2v) is 5.55. The summed E-state index contributed by atoms with van der Waals surface area (Å²) in [4.78, 5) is 22.0. The minimum Gasteiger partial charge on any atom is -0.481 e. The van der Waals surface area contributed by atoms with Crippen LogP contribution >= 0.6 is 11.8 Å². The Morgan fingerprint density at radius 2 is 2.00 bits per heavy atom. The highest BCUT2D eigenvalue weighted by molar-refractivity contribution is 8.00. The predicted molar refractivity (Wildman–Crippen MR) is 72.4 cm³/mol. The molecule has 2 N–H and O–H groups in total.